The molecule has 1 N–H and O–H groups in total. The van der Waals surface area contributed by atoms with Crippen LogP contribution in [0.4, 0.5) is 0 Å². The Balaban J connectivity index is 2.03. The highest BCUT2D eigenvalue weighted by molar-refractivity contribution is 5.77. The molecule has 0 aliphatic carbocycles. The normalized spacial score (nSPS) is 17.4. The second-order valence-electron chi connectivity index (χ2n) is 4.54. The van der Waals surface area contributed by atoms with E-state index in [-0.39, 0.29) is 5.91 Å². The summed E-state index contributed by atoms with van der Waals surface area (Å²) in [5, 5.41) is 2.96. The quantitative estimate of drug-likeness (QED) is 0.671. The molecular formula is C12H25N3O2. The van der Waals surface area contributed by atoms with Crippen molar-refractivity contribution in [2.75, 3.05) is 59.5 Å². The van der Waals surface area contributed by atoms with E-state index in [0.717, 1.165) is 52.4 Å². The number of likely N-dealkylation sites (N-methyl/N-ethyl adjacent to an activating group) is 1. The van der Waals surface area contributed by atoms with Crippen LogP contribution in [0.1, 0.15) is 13.3 Å². The number of rotatable bonds is 7. The minimum absolute atomic E-state index is 0.120. The largest absolute Gasteiger partial charge is 0.379 e. The molecule has 1 saturated heterocycles. The molecule has 0 unspecified atom stereocenters. The van der Waals surface area contributed by atoms with Crippen LogP contribution in [0, 0.1) is 0 Å². The van der Waals surface area contributed by atoms with Gasteiger partial charge >= 0.3 is 0 Å². The van der Waals surface area contributed by atoms with Crippen molar-refractivity contribution in [1.29, 1.82) is 0 Å². The topological polar surface area (TPSA) is 44.8 Å². The Kier molecular flexibility index (Phi) is 7.16. The van der Waals surface area contributed by atoms with E-state index in [0.29, 0.717) is 6.54 Å². The number of nitrogens with one attached hydrogen (secondary N) is 1. The predicted octanol–water partition coefficient (Wildman–Crippen LogP) is -0.223. The molecule has 1 heterocycles. The highest BCUT2D eigenvalue weighted by atomic mass is 16.5. The van der Waals surface area contributed by atoms with Crippen LogP contribution in [0.3, 0.4) is 0 Å². The first-order valence-electron chi connectivity index (χ1n) is 6.47. The fraction of sp³-hybridized carbons (Fsp3) is 0.917. The Hall–Kier alpha value is -0.650. The second kappa shape index (κ2) is 8.44. The van der Waals surface area contributed by atoms with Crippen molar-refractivity contribution in [3.8, 4) is 0 Å². The number of amides is 1. The lowest BCUT2D eigenvalue weighted by Gasteiger charge is -2.26. The zero-order chi connectivity index (χ0) is 12.5. The zero-order valence-corrected chi connectivity index (χ0v) is 11.1. The van der Waals surface area contributed by atoms with Crippen LogP contribution in [0.2, 0.25) is 0 Å². The van der Waals surface area contributed by atoms with Gasteiger partial charge in [-0.05, 0) is 20.0 Å². The van der Waals surface area contributed by atoms with Crippen LogP contribution < -0.4 is 5.32 Å². The Morgan fingerprint density at radius 1 is 1.41 bits per heavy atom. The van der Waals surface area contributed by atoms with E-state index in [4.69, 9.17) is 4.74 Å². The molecule has 5 heteroatoms. The van der Waals surface area contributed by atoms with Gasteiger partial charge in [0.2, 0.25) is 5.91 Å². The molecule has 0 aromatic rings. The lowest BCUT2D eigenvalue weighted by Crippen LogP contribution is -2.43. The summed E-state index contributed by atoms with van der Waals surface area (Å²) in [4.78, 5) is 15.9. The average molecular weight is 243 g/mol. The van der Waals surface area contributed by atoms with Crippen LogP contribution in [0.5, 0.6) is 0 Å². The van der Waals surface area contributed by atoms with Gasteiger partial charge < -0.3 is 10.1 Å². The molecule has 0 bridgehead atoms. The molecular weight excluding hydrogens is 218 g/mol. The molecule has 1 aliphatic rings. The minimum Gasteiger partial charge on any atom is -0.379 e. The van der Waals surface area contributed by atoms with Crippen molar-refractivity contribution in [3.63, 3.8) is 0 Å². The van der Waals surface area contributed by atoms with Gasteiger partial charge in [0.25, 0.3) is 0 Å². The number of morpholine rings is 1. The fourth-order valence-electron chi connectivity index (χ4n) is 1.94. The van der Waals surface area contributed by atoms with Gasteiger partial charge in [0, 0.05) is 26.2 Å². The molecule has 5 nitrogen and oxygen atoms in total. The lowest BCUT2D eigenvalue weighted by molar-refractivity contribution is -0.122. The van der Waals surface area contributed by atoms with E-state index in [1.54, 1.807) is 0 Å². The van der Waals surface area contributed by atoms with E-state index in [1.165, 1.54) is 0 Å². The third-order valence-corrected chi connectivity index (χ3v) is 2.87. The monoisotopic (exact) mass is 243 g/mol. The van der Waals surface area contributed by atoms with Gasteiger partial charge in [-0.25, -0.2) is 0 Å². The summed E-state index contributed by atoms with van der Waals surface area (Å²) in [5.74, 6) is 0.120. The van der Waals surface area contributed by atoms with Gasteiger partial charge in [-0.1, -0.05) is 6.92 Å². The van der Waals surface area contributed by atoms with Gasteiger partial charge in [0.05, 0.1) is 19.8 Å². The Bertz CT molecular complexity index is 218. The number of hydrogen-bond donors (Lipinski definition) is 1. The van der Waals surface area contributed by atoms with Crippen molar-refractivity contribution in [2.45, 2.75) is 13.3 Å². The van der Waals surface area contributed by atoms with Gasteiger partial charge in [0.15, 0.2) is 0 Å². The van der Waals surface area contributed by atoms with Crippen LogP contribution in [0.25, 0.3) is 0 Å². The maximum absolute atomic E-state index is 11.6. The Morgan fingerprint density at radius 2 is 2.12 bits per heavy atom. The molecule has 1 fully saturated rings. The van der Waals surface area contributed by atoms with E-state index < -0.39 is 0 Å². The van der Waals surface area contributed by atoms with E-state index >= 15 is 0 Å². The van der Waals surface area contributed by atoms with Gasteiger partial charge in [-0.3, -0.25) is 14.6 Å². The third kappa shape index (κ3) is 6.61. The van der Waals surface area contributed by atoms with E-state index in [1.807, 2.05) is 11.9 Å². The summed E-state index contributed by atoms with van der Waals surface area (Å²) in [6, 6.07) is 0. The maximum Gasteiger partial charge on any atom is 0.234 e. The smallest absolute Gasteiger partial charge is 0.234 e. The Morgan fingerprint density at radius 3 is 2.76 bits per heavy atom. The predicted molar refractivity (Wildman–Crippen MR) is 68.1 cm³/mol. The zero-order valence-electron chi connectivity index (χ0n) is 11.1. The number of carbonyl (C=O) groups excluding carboxylic acids is 1. The molecule has 0 saturated carbocycles. The summed E-state index contributed by atoms with van der Waals surface area (Å²) in [6.07, 6.45) is 1.08. The van der Waals surface area contributed by atoms with Crippen molar-refractivity contribution in [3.05, 3.63) is 0 Å². The molecule has 0 aromatic carbocycles. The lowest BCUT2D eigenvalue weighted by atomic mass is 10.4. The Labute approximate surface area is 104 Å². The molecule has 100 valence electrons. The number of nitrogens with zero attached hydrogens (tertiary/aromatic N) is 2. The number of carbonyl (C=O) groups is 1. The molecule has 0 spiro atoms. The summed E-state index contributed by atoms with van der Waals surface area (Å²) in [6.45, 7) is 8.82. The molecule has 0 aromatic heterocycles. The second-order valence-corrected chi connectivity index (χ2v) is 4.54. The van der Waals surface area contributed by atoms with Gasteiger partial charge in [0.1, 0.15) is 0 Å². The number of ether oxygens (including phenoxy) is 1. The maximum atomic E-state index is 11.6. The highest BCUT2D eigenvalue weighted by Gasteiger charge is 2.10. The van der Waals surface area contributed by atoms with Crippen LogP contribution in [0.15, 0.2) is 0 Å². The standard InChI is InChI=1S/C12H25N3O2/c1-3-5-14(2)11-12(16)13-4-6-15-7-9-17-10-8-15/h3-11H2,1-2H3,(H,13,16). The van der Waals surface area contributed by atoms with E-state index in [2.05, 4.69) is 17.1 Å². The molecule has 17 heavy (non-hydrogen) atoms. The van der Waals surface area contributed by atoms with Crippen molar-refractivity contribution in [1.82, 2.24) is 15.1 Å². The summed E-state index contributed by atoms with van der Waals surface area (Å²) < 4.78 is 5.27. The minimum atomic E-state index is 0.120. The molecule has 1 rings (SSSR count). The number of hydrogen-bond acceptors (Lipinski definition) is 4. The van der Waals surface area contributed by atoms with E-state index in [9.17, 15) is 4.79 Å². The third-order valence-electron chi connectivity index (χ3n) is 2.87. The molecule has 0 radical (unpaired) electrons. The van der Waals surface area contributed by atoms with Crippen LogP contribution in [-0.4, -0.2) is 75.2 Å². The van der Waals surface area contributed by atoms with Crippen molar-refractivity contribution >= 4 is 5.91 Å². The first-order valence-corrected chi connectivity index (χ1v) is 6.47. The summed E-state index contributed by atoms with van der Waals surface area (Å²) in [7, 11) is 1.98. The van der Waals surface area contributed by atoms with Gasteiger partial charge in [-0.2, -0.15) is 0 Å². The molecule has 1 aliphatic heterocycles. The molecule has 0 atom stereocenters. The SMILES string of the molecule is CCCN(C)CC(=O)NCCN1CCOCC1. The molecule has 1 amide bonds. The van der Waals surface area contributed by atoms with Crippen LogP contribution in [-0.2, 0) is 9.53 Å². The van der Waals surface area contributed by atoms with Gasteiger partial charge in [-0.15, -0.1) is 0 Å². The first kappa shape index (κ1) is 14.4. The fourth-order valence-corrected chi connectivity index (χ4v) is 1.94. The van der Waals surface area contributed by atoms with Crippen molar-refractivity contribution in [2.24, 2.45) is 0 Å². The summed E-state index contributed by atoms with van der Waals surface area (Å²) in [5.41, 5.74) is 0. The van der Waals surface area contributed by atoms with Crippen LogP contribution >= 0.6 is 0 Å². The average Bonchev–Trinajstić information content (AvgIpc) is 2.30. The first-order chi connectivity index (χ1) is 8.22. The highest BCUT2D eigenvalue weighted by Crippen LogP contribution is 1.94. The summed E-state index contributed by atoms with van der Waals surface area (Å²) >= 11 is 0. The van der Waals surface area contributed by atoms with Crippen molar-refractivity contribution < 1.29 is 9.53 Å².